The molecule has 0 spiro atoms. The molecule has 4 heterocycles. The second kappa shape index (κ2) is 11.5. The van der Waals surface area contributed by atoms with E-state index >= 15 is 0 Å². The maximum absolute atomic E-state index is 13.3. The molecule has 2 aliphatic rings. The molecule has 1 fully saturated rings. The van der Waals surface area contributed by atoms with Crippen LogP contribution in [0, 0.1) is 23.2 Å². The normalized spacial score (nSPS) is 17.8. The number of hydrogen-bond donors (Lipinski definition) is 1. The standard InChI is InChI=1S/C27H32N6O4/c1-17(16-37-3)9-20-11-24(29-13-22(20)12-28)31-27(36)33-7-4-5-19-10-21(23(15-34)30-25(19)33)14-32-8-6-18(2)26(32)35/h10-11,13,15,17-18H,4-9,14,16H2,1-3H3,(H,29,31,36)/t17-,18-/m0/s1. The zero-order valence-corrected chi connectivity index (χ0v) is 21.5. The van der Waals surface area contributed by atoms with Gasteiger partial charge in [0.25, 0.3) is 0 Å². The van der Waals surface area contributed by atoms with E-state index in [1.165, 1.54) is 11.1 Å². The van der Waals surface area contributed by atoms with Crippen molar-refractivity contribution in [3.8, 4) is 6.07 Å². The van der Waals surface area contributed by atoms with Crippen LogP contribution in [0.3, 0.4) is 0 Å². The lowest BCUT2D eigenvalue weighted by molar-refractivity contribution is -0.131. The summed E-state index contributed by atoms with van der Waals surface area (Å²) in [6, 6.07) is 5.36. The summed E-state index contributed by atoms with van der Waals surface area (Å²) in [6.07, 6.45) is 5.02. The molecule has 0 bridgehead atoms. The van der Waals surface area contributed by atoms with Crippen LogP contribution in [0.1, 0.15) is 59.4 Å². The number of aromatic nitrogens is 2. The number of aryl methyl sites for hydroxylation is 1. The van der Waals surface area contributed by atoms with Crippen molar-refractivity contribution < 1.29 is 19.1 Å². The smallest absolute Gasteiger partial charge is 0.328 e. The van der Waals surface area contributed by atoms with Crippen LogP contribution in [0.5, 0.6) is 0 Å². The summed E-state index contributed by atoms with van der Waals surface area (Å²) in [5, 5.41) is 12.3. The van der Waals surface area contributed by atoms with Gasteiger partial charge in [-0.15, -0.1) is 0 Å². The molecule has 2 aromatic heterocycles. The molecule has 10 nitrogen and oxygen atoms in total. The Morgan fingerprint density at radius 3 is 2.84 bits per heavy atom. The fraction of sp³-hybridized carbons (Fsp3) is 0.481. The van der Waals surface area contributed by atoms with Gasteiger partial charge in [-0.1, -0.05) is 13.8 Å². The first kappa shape index (κ1) is 26.2. The van der Waals surface area contributed by atoms with E-state index in [1.807, 2.05) is 19.9 Å². The molecule has 0 saturated carbocycles. The number of carbonyl (C=O) groups is 3. The lowest BCUT2D eigenvalue weighted by Gasteiger charge is -2.29. The van der Waals surface area contributed by atoms with E-state index in [0.29, 0.717) is 61.7 Å². The Morgan fingerprint density at radius 2 is 2.16 bits per heavy atom. The number of aldehydes is 1. The number of amides is 3. The van der Waals surface area contributed by atoms with Gasteiger partial charge in [0.05, 0.1) is 5.56 Å². The monoisotopic (exact) mass is 504 g/mol. The number of pyridine rings is 2. The van der Waals surface area contributed by atoms with Crippen molar-refractivity contribution in [2.45, 2.75) is 46.1 Å². The maximum Gasteiger partial charge on any atom is 0.328 e. The van der Waals surface area contributed by atoms with E-state index in [0.717, 1.165) is 30.4 Å². The van der Waals surface area contributed by atoms with Gasteiger partial charge in [-0.3, -0.25) is 19.8 Å². The van der Waals surface area contributed by atoms with E-state index in [-0.39, 0.29) is 23.4 Å². The van der Waals surface area contributed by atoms with Gasteiger partial charge in [-0.25, -0.2) is 14.8 Å². The van der Waals surface area contributed by atoms with Crippen molar-refractivity contribution in [1.82, 2.24) is 14.9 Å². The molecule has 0 aromatic carbocycles. The van der Waals surface area contributed by atoms with Crippen molar-refractivity contribution in [3.63, 3.8) is 0 Å². The Balaban J connectivity index is 1.55. The zero-order valence-electron chi connectivity index (χ0n) is 21.5. The van der Waals surface area contributed by atoms with Crippen LogP contribution in [0.2, 0.25) is 0 Å². The SMILES string of the molecule is COC[C@@H](C)Cc1cc(NC(=O)N2CCCc3cc(CN4CC[C@H](C)C4=O)c(C=O)nc32)ncc1C#N. The third kappa shape index (κ3) is 5.78. The first-order chi connectivity index (χ1) is 17.8. The highest BCUT2D eigenvalue weighted by molar-refractivity contribution is 6.01. The average molecular weight is 505 g/mol. The number of nitriles is 1. The van der Waals surface area contributed by atoms with Gasteiger partial charge in [0.1, 0.15) is 23.4 Å². The summed E-state index contributed by atoms with van der Waals surface area (Å²) in [4.78, 5) is 49.6. The molecule has 2 aliphatic heterocycles. The molecule has 194 valence electrons. The molecule has 0 radical (unpaired) electrons. The van der Waals surface area contributed by atoms with E-state index in [1.54, 1.807) is 18.1 Å². The van der Waals surface area contributed by atoms with E-state index in [9.17, 15) is 19.6 Å². The third-order valence-electron chi connectivity index (χ3n) is 6.92. The minimum atomic E-state index is -0.408. The van der Waals surface area contributed by atoms with Gasteiger partial charge < -0.3 is 9.64 Å². The molecule has 0 aliphatic carbocycles. The van der Waals surface area contributed by atoms with Crippen LogP contribution in [0.15, 0.2) is 18.3 Å². The number of likely N-dealkylation sites (tertiary alicyclic amines) is 1. The number of ether oxygens (including phenoxy) is 1. The molecule has 0 unspecified atom stereocenters. The first-order valence-electron chi connectivity index (χ1n) is 12.6. The topological polar surface area (TPSA) is 129 Å². The predicted molar refractivity (Wildman–Crippen MR) is 137 cm³/mol. The highest BCUT2D eigenvalue weighted by Gasteiger charge is 2.30. The molecule has 10 heteroatoms. The number of hydrogen-bond acceptors (Lipinski definition) is 7. The largest absolute Gasteiger partial charge is 0.384 e. The van der Waals surface area contributed by atoms with Crippen molar-refractivity contribution in [3.05, 3.63) is 46.3 Å². The molecule has 1 N–H and O–H groups in total. The Labute approximate surface area is 216 Å². The molecule has 2 aromatic rings. The third-order valence-corrected chi connectivity index (χ3v) is 6.92. The van der Waals surface area contributed by atoms with Crippen molar-refractivity contribution in [1.29, 1.82) is 5.26 Å². The lowest BCUT2D eigenvalue weighted by atomic mass is 9.99. The molecular formula is C27H32N6O4. The molecule has 1 saturated heterocycles. The van der Waals surface area contributed by atoms with E-state index < -0.39 is 6.03 Å². The second-order valence-electron chi connectivity index (χ2n) is 9.87. The summed E-state index contributed by atoms with van der Waals surface area (Å²) < 4.78 is 5.20. The van der Waals surface area contributed by atoms with Crippen LogP contribution in [-0.4, -0.2) is 59.9 Å². The van der Waals surface area contributed by atoms with Gasteiger partial charge in [0.2, 0.25) is 5.91 Å². The van der Waals surface area contributed by atoms with Gasteiger partial charge in [0.15, 0.2) is 6.29 Å². The molecule has 37 heavy (non-hydrogen) atoms. The summed E-state index contributed by atoms with van der Waals surface area (Å²) in [5.41, 5.74) is 3.04. The average Bonchev–Trinajstić information content (AvgIpc) is 3.20. The fourth-order valence-corrected chi connectivity index (χ4v) is 4.97. The minimum absolute atomic E-state index is 0.0102. The number of carbonyl (C=O) groups excluding carboxylic acids is 3. The predicted octanol–water partition coefficient (Wildman–Crippen LogP) is 3.34. The Kier molecular flexibility index (Phi) is 8.14. The zero-order chi connectivity index (χ0) is 26.5. The highest BCUT2D eigenvalue weighted by Crippen LogP contribution is 2.29. The number of urea groups is 1. The van der Waals surface area contributed by atoms with Crippen molar-refractivity contribution >= 4 is 29.9 Å². The van der Waals surface area contributed by atoms with Crippen molar-refractivity contribution in [2.75, 3.05) is 37.0 Å². The molecular weight excluding hydrogens is 472 g/mol. The van der Waals surface area contributed by atoms with Crippen LogP contribution in [0.4, 0.5) is 16.4 Å². The van der Waals surface area contributed by atoms with Gasteiger partial charge in [-0.2, -0.15) is 5.26 Å². The number of methoxy groups -OCH3 is 1. The Morgan fingerprint density at radius 1 is 1.35 bits per heavy atom. The van der Waals surface area contributed by atoms with Crippen LogP contribution in [0.25, 0.3) is 0 Å². The number of rotatable bonds is 8. The number of anilines is 2. The summed E-state index contributed by atoms with van der Waals surface area (Å²) in [7, 11) is 1.63. The van der Waals surface area contributed by atoms with Gasteiger partial charge in [-0.05, 0) is 54.9 Å². The number of nitrogens with one attached hydrogen (secondary N) is 1. The minimum Gasteiger partial charge on any atom is -0.384 e. The summed E-state index contributed by atoms with van der Waals surface area (Å²) in [5.74, 6) is 1.05. The van der Waals surface area contributed by atoms with E-state index in [4.69, 9.17) is 4.74 Å². The van der Waals surface area contributed by atoms with Crippen LogP contribution >= 0.6 is 0 Å². The summed E-state index contributed by atoms with van der Waals surface area (Å²) >= 11 is 0. The van der Waals surface area contributed by atoms with Crippen molar-refractivity contribution in [2.24, 2.45) is 11.8 Å². The Hall–Kier alpha value is -3.84. The number of nitrogens with zero attached hydrogens (tertiary/aromatic N) is 5. The van der Waals surface area contributed by atoms with Gasteiger partial charge >= 0.3 is 6.03 Å². The molecule has 4 rings (SSSR count). The molecule has 2 atom stereocenters. The quantitative estimate of drug-likeness (QED) is 0.546. The van der Waals surface area contributed by atoms with E-state index in [2.05, 4.69) is 21.4 Å². The fourth-order valence-electron chi connectivity index (χ4n) is 4.97. The van der Waals surface area contributed by atoms with Crippen LogP contribution in [-0.2, 0) is 28.9 Å². The Bertz CT molecular complexity index is 1240. The summed E-state index contributed by atoms with van der Waals surface area (Å²) in [6.45, 7) is 5.93. The molecule has 3 amide bonds. The maximum atomic E-state index is 13.3. The highest BCUT2D eigenvalue weighted by atomic mass is 16.5. The number of fused-ring (bicyclic) bond motifs is 1. The van der Waals surface area contributed by atoms with Crippen LogP contribution < -0.4 is 10.2 Å². The lowest BCUT2D eigenvalue weighted by Crippen LogP contribution is -2.40. The van der Waals surface area contributed by atoms with Gasteiger partial charge in [0, 0.05) is 51.0 Å². The first-order valence-corrected chi connectivity index (χ1v) is 12.6. The second-order valence-corrected chi connectivity index (χ2v) is 9.87.